The number of carbonyl (C=O) groups excluding carboxylic acids is 1. The molecule has 11 heteroatoms. The Labute approximate surface area is 199 Å². The van der Waals surface area contributed by atoms with Crippen molar-refractivity contribution in [1.82, 2.24) is 4.31 Å². The van der Waals surface area contributed by atoms with Gasteiger partial charge in [-0.15, -0.1) is 0 Å². The van der Waals surface area contributed by atoms with E-state index in [1.165, 1.54) is 24.3 Å². The highest BCUT2D eigenvalue weighted by atomic mass is 35.5. The summed E-state index contributed by atoms with van der Waals surface area (Å²) in [6.45, 7) is 0.495. The molecule has 0 radical (unpaired) electrons. The highest BCUT2D eigenvalue weighted by Crippen LogP contribution is 2.30. The lowest BCUT2D eigenvalue weighted by Gasteiger charge is -2.23. The van der Waals surface area contributed by atoms with Crippen molar-refractivity contribution in [3.05, 3.63) is 94.3 Å². The van der Waals surface area contributed by atoms with Crippen LogP contribution in [0.15, 0.2) is 71.6 Å². The Bertz CT molecular complexity index is 1260. The summed E-state index contributed by atoms with van der Waals surface area (Å²) in [5, 5.41) is 2.34. The number of hydrogen-bond donors (Lipinski definition) is 1. The number of benzene rings is 3. The van der Waals surface area contributed by atoms with Gasteiger partial charge in [-0.05, 0) is 55.5 Å². The van der Waals surface area contributed by atoms with E-state index in [1.807, 2.05) is 0 Å². The maximum atomic E-state index is 14.4. The molecule has 180 valence electrons. The smallest absolute Gasteiger partial charge is 0.325 e. The molecular formula is C23H19ClF4N2O3S. The van der Waals surface area contributed by atoms with E-state index in [-0.39, 0.29) is 21.2 Å². The van der Waals surface area contributed by atoms with Crippen molar-refractivity contribution in [2.45, 2.75) is 24.5 Å². The monoisotopic (exact) mass is 514 g/mol. The molecule has 0 aliphatic rings. The van der Waals surface area contributed by atoms with Gasteiger partial charge in [0.1, 0.15) is 5.82 Å². The molecule has 0 atom stereocenters. The fourth-order valence-corrected chi connectivity index (χ4v) is 4.64. The van der Waals surface area contributed by atoms with Gasteiger partial charge in [-0.1, -0.05) is 35.4 Å². The number of amides is 1. The minimum Gasteiger partial charge on any atom is -0.325 e. The second-order valence-electron chi connectivity index (χ2n) is 7.41. The molecule has 0 spiro atoms. The minimum atomic E-state index is -4.54. The summed E-state index contributed by atoms with van der Waals surface area (Å²) in [4.78, 5) is 12.5. The highest BCUT2D eigenvalue weighted by molar-refractivity contribution is 7.89. The first-order chi connectivity index (χ1) is 15.9. The van der Waals surface area contributed by atoms with Crippen molar-refractivity contribution in [3.63, 3.8) is 0 Å². The highest BCUT2D eigenvalue weighted by Gasteiger charge is 2.31. The molecule has 34 heavy (non-hydrogen) atoms. The molecular weight excluding hydrogens is 496 g/mol. The fraction of sp³-hybridized carbons (Fsp3) is 0.174. The lowest BCUT2D eigenvalue weighted by atomic mass is 10.2. The van der Waals surface area contributed by atoms with Gasteiger partial charge in [0.2, 0.25) is 15.9 Å². The van der Waals surface area contributed by atoms with E-state index in [9.17, 15) is 30.8 Å². The van der Waals surface area contributed by atoms with E-state index in [0.717, 1.165) is 40.2 Å². The molecule has 0 fully saturated rings. The zero-order valence-electron chi connectivity index (χ0n) is 17.7. The van der Waals surface area contributed by atoms with Crippen LogP contribution in [-0.4, -0.2) is 25.2 Å². The predicted octanol–water partition coefficient (Wildman–Crippen LogP) is 5.64. The number of nitrogens with one attached hydrogen (secondary N) is 1. The first-order valence-electron chi connectivity index (χ1n) is 9.85. The molecule has 0 bridgehead atoms. The Morgan fingerprint density at radius 3 is 2.18 bits per heavy atom. The molecule has 3 aromatic carbocycles. The average molecular weight is 515 g/mol. The summed E-state index contributed by atoms with van der Waals surface area (Å²) in [6, 6.07) is 13.4. The number of rotatable bonds is 7. The molecule has 0 aliphatic carbocycles. The molecule has 0 unspecified atom stereocenters. The van der Waals surface area contributed by atoms with Gasteiger partial charge >= 0.3 is 6.18 Å². The molecule has 0 heterocycles. The average Bonchev–Trinajstić information content (AvgIpc) is 2.75. The van der Waals surface area contributed by atoms with Gasteiger partial charge in [0.25, 0.3) is 0 Å². The van der Waals surface area contributed by atoms with Crippen molar-refractivity contribution < 1.29 is 30.8 Å². The maximum absolute atomic E-state index is 14.4. The third-order valence-corrected chi connectivity index (χ3v) is 7.03. The number of nitrogens with zero attached hydrogens (tertiary/aromatic N) is 1. The summed E-state index contributed by atoms with van der Waals surface area (Å²) in [7, 11) is -4.26. The largest absolute Gasteiger partial charge is 0.416 e. The summed E-state index contributed by atoms with van der Waals surface area (Å²) < 4.78 is 79.9. The van der Waals surface area contributed by atoms with Crippen molar-refractivity contribution in [2.24, 2.45) is 0 Å². The standard InChI is InChI=1S/C23H19ClF4N2O3S/c1-15-5-11-18(12-6-15)34(32,33)30(13-19-20(24)3-2-4-21(19)25)14-22(31)29-17-9-7-16(8-10-17)23(26,27)28/h2-12H,13-14H2,1H3,(H,29,31). The third kappa shape index (κ3) is 6.13. The Hall–Kier alpha value is -2.95. The number of alkyl halides is 3. The number of carbonyl (C=O) groups is 1. The van der Waals surface area contributed by atoms with Crippen LogP contribution in [0.4, 0.5) is 23.2 Å². The quantitative estimate of drug-likeness (QED) is 0.415. The zero-order valence-corrected chi connectivity index (χ0v) is 19.3. The second kappa shape index (κ2) is 10.1. The van der Waals surface area contributed by atoms with Crippen LogP contribution >= 0.6 is 11.6 Å². The maximum Gasteiger partial charge on any atom is 0.416 e. The molecule has 3 aromatic rings. The van der Waals surface area contributed by atoms with Crippen LogP contribution in [0.3, 0.4) is 0 Å². The van der Waals surface area contributed by atoms with E-state index in [0.29, 0.717) is 0 Å². The van der Waals surface area contributed by atoms with Crippen LogP contribution in [0.25, 0.3) is 0 Å². The normalized spacial score (nSPS) is 12.1. The Kier molecular flexibility index (Phi) is 7.64. The lowest BCUT2D eigenvalue weighted by Crippen LogP contribution is -2.38. The van der Waals surface area contributed by atoms with E-state index >= 15 is 0 Å². The van der Waals surface area contributed by atoms with Crippen molar-refractivity contribution in [1.29, 1.82) is 0 Å². The number of anilines is 1. The van der Waals surface area contributed by atoms with Crippen molar-refractivity contribution in [2.75, 3.05) is 11.9 Å². The van der Waals surface area contributed by atoms with Gasteiger partial charge in [0.15, 0.2) is 0 Å². The van der Waals surface area contributed by atoms with Crippen LogP contribution in [0.1, 0.15) is 16.7 Å². The Morgan fingerprint density at radius 1 is 1.00 bits per heavy atom. The van der Waals surface area contributed by atoms with Crippen LogP contribution in [0.5, 0.6) is 0 Å². The Morgan fingerprint density at radius 2 is 1.62 bits per heavy atom. The number of halogens is 5. The zero-order chi connectivity index (χ0) is 25.1. The first-order valence-corrected chi connectivity index (χ1v) is 11.7. The van der Waals surface area contributed by atoms with E-state index in [1.54, 1.807) is 19.1 Å². The van der Waals surface area contributed by atoms with Crippen LogP contribution in [-0.2, 0) is 27.5 Å². The topological polar surface area (TPSA) is 66.5 Å². The van der Waals surface area contributed by atoms with Gasteiger partial charge in [0, 0.05) is 22.8 Å². The summed E-state index contributed by atoms with van der Waals surface area (Å²) in [5.74, 6) is -1.58. The van der Waals surface area contributed by atoms with Crippen molar-refractivity contribution in [3.8, 4) is 0 Å². The predicted molar refractivity (Wildman–Crippen MR) is 120 cm³/mol. The van der Waals surface area contributed by atoms with Crippen LogP contribution in [0, 0.1) is 12.7 Å². The van der Waals surface area contributed by atoms with Gasteiger partial charge in [0.05, 0.1) is 17.0 Å². The third-order valence-electron chi connectivity index (χ3n) is 4.87. The van der Waals surface area contributed by atoms with Crippen LogP contribution < -0.4 is 5.32 Å². The van der Waals surface area contributed by atoms with E-state index in [4.69, 9.17) is 11.6 Å². The molecule has 5 nitrogen and oxygen atoms in total. The Balaban J connectivity index is 1.89. The van der Waals surface area contributed by atoms with Crippen molar-refractivity contribution >= 4 is 33.2 Å². The van der Waals surface area contributed by atoms with Crippen LogP contribution in [0.2, 0.25) is 5.02 Å². The number of hydrogen-bond acceptors (Lipinski definition) is 3. The molecule has 1 N–H and O–H groups in total. The van der Waals surface area contributed by atoms with Gasteiger partial charge < -0.3 is 5.32 Å². The molecule has 0 saturated carbocycles. The van der Waals surface area contributed by atoms with Gasteiger partial charge in [-0.2, -0.15) is 17.5 Å². The molecule has 1 amide bonds. The molecule has 0 saturated heterocycles. The summed E-state index contributed by atoms with van der Waals surface area (Å²) >= 11 is 6.05. The summed E-state index contributed by atoms with van der Waals surface area (Å²) in [6.07, 6.45) is -4.54. The summed E-state index contributed by atoms with van der Waals surface area (Å²) in [5.41, 5.74) is -0.178. The number of sulfonamides is 1. The van der Waals surface area contributed by atoms with E-state index in [2.05, 4.69) is 5.32 Å². The van der Waals surface area contributed by atoms with Gasteiger partial charge in [-0.25, -0.2) is 12.8 Å². The first kappa shape index (κ1) is 25.7. The van der Waals surface area contributed by atoms with E-state index < -0.39 is 46.6 Å². The SMILES string of the molecule is Cc1ccc(S(=O)(=O)N(CC(=O)Nc2ccc(C(F)(F)F)cc2)Cc2c(F)cccc2Cl)cc1. The molecule has 0 aliphatic heterocycles. The fourth-order valence-electron chi connectivity index (χ4n) is 3.05. The van der Waals surface area contributed by atoms with Gasteiger partial charge in [-0.3, -0.25) is 4.79 Å². The molecule has 3 rings (SSSR count). The second-order valence-corrected chi connectivity index (χ2v) is 9.75. The lowest BCUT2D eigenvalue weighted by molar-refractivity contribution is -0.137. The molecule has 0 aromatic heterocycles. The minimum absolute atomic E-state index is 0.0211. The number of aryl methyl sites for hydroxylation is 1.